The summed E-state index contributed by atoms with van der Waals surface area (Å²) in [4.78, 5) is 10.5. The van der Waals surface area contributed by atoms with Gasteiger partial charge in [0.25, 0.3) is 0 Å². The summed E-state index contributed by atoms with van der Waals surface area (Å²) in [5, 5.41) is 2.45. The van der Waals surface area contributed by atoms with Crippen molar-refractivity contribution in [3.8, 4) is 0 Å². The maximum absolute atomic E-state index is 10.5. The first-order valence-electron chi connectivity index (χ1n) is 2.69. The SMILES string of the molecule is CC[C@H](N)C(=O)NC. The predicted molar refractivity (Wildman–Crippen MR) is 32.3 cm³/mol. The van der Waals surface area contributed by atoms with E-state index < -0.39 is 0 Å². The highest BCUT2D eigenvalue weighted by Gasteiger charge is 2.06. The van der Waals surface area contributed by atoms with Crippen LogP contribution in [-0.2, 0) is 4.79 Å². The van der Waals surface area contributed by atoms with Crippen molar-refractivity contribution in [1.82, 2.24) is 5.32 Å². The number of likely N-dealkylation sites (N-methyl/N-ethyl adjacent to an activating group) is 1. The average molecular weight is 116 g/mol. The molecule has 0 aromatic heterocycles. The van der Waals surface area contributed by atoms with Crippen molar-refractivity contribution in [1.29, 1.82) is 0 Å². The number of carbonyl (C=O) groups is 1. The minimum atomic E-state index is -0.333. The van der Waals surface area contributed by atoms with Gasteiger partial charge in [0.2, 0.25) is 5.91 Å². The van der Waals surface area contributed by atoms with Crippen LogP contribution in [0.1, 0.15) is 13.3 Å². The summed E-state index contributed by atoms with van der Waals surface area (Å²) in [7, 11) is 1.58. The van der Waals surface area contributed by atoms with Crippen molar-refractivity contribution in [2.45, 2.75) is 19.4 Å². The van der Waals surface area contributed by atoms with Crippen LogP contribution in [-0.4, -0.2) is 19.0 Å². The highest BCUT2D eigenvalue weighted by Crippen LogP contribution is 1.82. The maximum Gasteiger partial charge on any atom is 0.236 e. The topological polar surface area (TPSA) is 55.1 Å². The highest BCUT2D eigenvalue weighted by atomic mass is 16.2. The quantitative estimate of drug-likeness (QED) is 0.509. The van der Waals surface area contributed by atoms with E-state index >= 15 is 0 Å². The lowest BCUT2D eigenvalue weighted by Gasteiger charge is -2.04. The standard InChI is InChI=1S/C5H12N2O/c1-3-4(6)5(8)7-2/h4H,3,6H2,1-2H3,(H,7,8)/t4-/m0/s1. The Labute approximate surface area is 49.3 Å². The zero-order valence-electron chi connectivity index (χ0n) is 5.27. The van der Waals surface area contributed by atoms with Gasteiger partial charge in [0.05, 0.1) is 6.04 Å². The van der Waals surface area contributed by atoms with E-state index in [9.17, 15) is 4.79 Å². The van der Waals surface area contributed by atoms with Gasteiger partial charge < -0.3 is 11.1 Å². The molecule has 8 heavy (non-hydrogen) atoms. The minimum Gasteiger partial charge on any atom is -0.358 e. The molecule has 3 N–H and O–H groups in total. The zero-order valence-corrected chi connectivity index (χ0v) is 5.27. The lowest BCUT2D eigenvalue weighted by molar-refractivity contribution is -0.121. The molecule has 0 aliphatic carbocycles. The lowest BCUT2D eigenvalue weighted by atomic mass is 10.2. The van der Waals surface area contributed by atoms with E-state index in [1.807, 2.05) is 6.92 Å². The number of hydrogen-bond acceptors (Lipinski definition) is 2. The van der Waals surface area contributed by atoms with Gasteiger partial charge in [-0.2, -0.15) is 0 Å². The largest absolute Gasteiger partial charge is 0.358 e. The fourth-order valence-corrected chi connectivity index (χ4v) is 0.371. The number of nitrogens with two attached hydrogens (primary N) is 1. The first-order chi connectivity index (χ1) is 3.72. The molecule has 0 saturated carbocycles. The van der Waals surface area contributed by atoms with Crippen molar-refractivity contribution < 1.29 is 4.79 Å². The normalized spacial score (nSPS) is 12.9. The van der Waals surface area contributed by atoms with Gasteiger partial charge in [-0.1, -0.05) is 6.92 Å². The van der Waals surface area contributed by atoms with Crippen molar-refractivity contribution >= 4 is 5.91 Å². The monoisotopic (exact) mass is 116 g/mol. The molecule has 3 nitrogen and oxygen atoms in total. The Kier molecular flexibility index (Phi) is 3.19. The molecule has 1 atom stereocenters. The fourth-order valence-electron chi connectivity index (χ4n) is 0.371. The summed E-state index contributed by atoms with van der Waals surface area (Å²) in [6.07, 6.45) is 0.694. The van der Waals surface area contributed by atoms with E-state index in [1.165, 1.54) is 0 Å². The van der Waals surface area contributed by atoms with E-state index in [0.717, 1.165) is 0 Å². The first kappa shape index (κ1) is 7.43. The van der Waals surface area contributed by atoms with Crippen molar-refractivity contribution in [2.75, 3.05) is 7.05 Å². The molecule has 0 spiro atoms. The Balaban J connectivity index is 3.46. The third kappa shape index (κ3) is 1.93. The molecular weight excluding hydrogens is 104 g/mol. The molecule has 0 radical (unpaired) electrons. The summed E-state index contributed by atoms with van der Waals surface area (Å²) in [5.41, 5.74) is 5.31. The van der Waals surface area contributed by atoms with Gasteiger partial charge >= 0.3 is 0 Å². The highest BCUT2D eigenvalue weighted by molar-refractivity contribution is 5.80. The summed E-state index contributed by atoms with van der Waals surface area (Å²) < 4.78 is 0. The second-order valence-corrected chi connectivity index (χ2v) is 1.63. The third-order valence-electron chi connectivity index (χ3n) is 1.02. The van der Waals surface area contributed by atoms with Gasteiger partial charge in [-0.3, -0.25) is 4.79 Å². The van der Waals surface area contributed by atoms with Crippen LogP contribution in [0.2, 0.25) is 0 Å². The molecule has 0 rings (SSSR count). The molecule has 0 fully saturated rings. The molecule has 3 heteroatoms. The van der Waals surface area contributed by atoms with Crippen LogP contribution in [0.15, 0.2) is 0 Å². The fraction of sp³-hybridized carbons (Fsp3) is 0.800. The number of rotatable bonds is 2. The van der Waals surface area contributed by atoms with Gasteiger partial charge in [0.15, 0.2) is 0 Å². The molecule has 0 aliphatic rings. The van der Waals surface area contributed by atoms with Gasteiger partial charge in [-0.15, -0.1) is 0 Å². The van der Waals surface area contributed by atoms with Crippen molar-refractivity contribution in [3.05, 3.63) is 0 Å². The molecular formula is C5H12N2O. The molecule has 0 unspecified atom stereocenters. The molecule has 0 heterocycles. The minimum absolute atomic E-state index is 0.0903. The molecule has 1 amide bonds. The Morgan fingerprint density at radius 3 is 2.50 bits per heavy atom. The van der Waals surface area contributed by atoms with Crippen LogP contribution >= 0.6 is 0 Å². The molecule has 0 aliphatic heterocycles. The van der Waals surface area contributed by atoms with Crippen LogP contribution in [0.25, 0.3) is 0 Å². The van der Waals surface area contributed by atoms with Crippen LogP contribution in [0.5, 0.6) is 0 Å². The predicted octanol–water partition coefficient (Wildman–Crippen LogP) is -0.530. The Bertz CT molecular complexity index is 82.5. The van der Waals surface area contributed by atoms with Gasteiger partial charge in [0, 0.05) is 7.05 Å². The summed E-state index contributed by atoms with van der Waals surface area (Å²) in [6.45, 7) is 1.87. The van der Waals surface area contributed by atoms with Crippen LogP contribution < -0.4 is 11.1 Å². The summed E-state index contributed by atoms with van der Waals surface area (Å²) >= 11 is 0. The van der Waals surface area contributed by atoms with Crippen molar-refractivity contribution in [3.63, 3.8) is 0 Å². The van der Waals surface area contributed by atoms with Gasteiger partial charge in [0.1, 0.15) is 0 Å². The Morgan fingerprint density at radius 1 is 1.88 bits per heavy atom. The summed E-state index contributed by atoms with van der Waals surface area (Å²) in [6, 6.07) is -0.333. The number of amides is 1. The van der Waals surface area contributed by atoms with E-state index in [1.54, 1.807) is 7.05 Å². The lowest BCUT2D eigenvalue weighted by Crippen LogP contribution is -2.37. The van der Waals surface area contributed by atoms with Crippen LogP contribution in [0, 0.1) is 0 Å². The summed E-state index contributed by atoms with van der Waals surface area (Å²) in [5.74, 6) is -0.0903. The molecule has 48 valence electrons. The van der Waals surface area contributed by atoms with E-state index in [0.29, 0.717) is 6.42 Å². The second kappa shape index (κ2) is 3.43. The maximum atomic E-state index is 10.5. The molecule has 0 aromatic rings. The molecule has 0 saturated heterocycles. The van der Waals surface area contributed by atoms with Gasteiger partial charge in [-0.05, 0) is 6.42 Å². The van der Waals surface area contributed by atoms with Crippen LogP contribution in [0.4, 0.5) is 0 Å². The van der Waals surface area contributed by atoms with Crippen molar-refractivity contribution in [2.24, 2.45) is 5.73 Å². The number of nitrogens with one attached hydrogen (secondary N) is 1. The second-order valence-electron chi connectivity index (χ2n) is 1.63. The molecule has 0 aromatic carbocycles. The van der Waals surface area contributed by atoms with E-state index in [2.05, 4.69) is 5.32 Å². The first-order valence-corrected chi connectivity index (χ1v) is 2.69. The smallest absolute Gasteiger partial charge is 0.236 e. The molecule has 0 bridgehead atoms. The zero-order chi connectivity index (χ0) is 6.57. The Morgan fingerprint density at radius 2 is 2.38 bits per heavy atom. The average Bonchev–Trinajstić information content (AvgIpc) is 1.84. The number of carbonyl (C=O) groups excluding carboxylic acids is 1. The third-order valence-corrected chi connectivity index (χ3v) is 1.02. The van der Waals surface area contributed by atoms with Gasteiger partial charge in [-0.25, -0.2) is 0 Å². The number of hydrogen-bond donors (Lipinski definition) is 2. The van der Waals surface area contributed by atoms with E-state index in [-0.39, 0.29) is 11.9 Å². The van der Waals surface area contributed by atoms with Crippen LogP contribution in [0.3, 0.4) is 0 Å². The Hall–Kier alpha value is -0.570. The van der Waals surface area contributed by atoms with E-state index in [4.69, 9.17) is 5.73 Å².